The summed E-state index contributed by atoms with van der Waals surface area (Å²) in [6, 6.07) is 7.54. The molecule has 0 saturated heterocycles. The molecule has 0 aliphatic heterocycles. The van der Waals surface area contributed by atoms with E-state index in [9.17, 15) is 4.79 Å². The Kier molecular flexibility index (Phi) is 6.02. The second-order valence-corrected chi connectivity index (χ2v) is 5.63. The molecule has 0 bridgehead atoms. The lowest BCUT2D eigenvalue weighted by Crippen LogP contribution is -2.44. The number of carbonyl (C=O) groups is 1. The Morgan fingerprint density at radius 2 is 2.00 bits per heavy atom. The molecule has 1 atom stereocenters. The molecule has 1 rings (SSSR count). The number of ether oxygens (including phenoxy) is 1. The van der Waals surface area contributed by atoms with Crippen molar-refractivity contribution in [3.63, 3.8) is 0 Å². The monoisotopic (exact) mass is 278 g/mol. The van der Waals surface area contributed by atoms with Gasteiger partial charge in [-0.15, -0.1) is 0 Å². The lowest BCUT2D eigenvalue weighted by atomic mass is 10.0. The first-order valence-corrected chi connectivity index (χ1v) is 7.18. The Labute approximate surface area is 121 Å². The summed E-state index contributed by atoms with van der Waals surface area (Å²) in [5.74, 6) is 0.572. The van der Waals surface area contributed by atoms with Crippen molar-refractivity contribution in [1.82, 2.24) is 5.32 Å². The highest BCUT2D eigenvalue weighted by Crippen LogP contribution is 2.25. The first kappa shape index (κ1) is 16.5. The van der Waals surface area contributed by atoms with Crippen molar-refractivity contribution in [3.05, 3.63) is 29.8 Å². The molecule has 0 saturated carbocycles. The van der Waals surface area contributed by atoms with Crippen LogP contribution in [0.5, 0.6) is 5.75 Å². The Morgan fingerprint density at radius 3 is 2.60 bits per heavy atom. The molecule has 1 aromatic carbocycles. The molecule has 112 valence electrons. The summed E-state index contributed by atoms with van der Waals surface area (Å²) in [4.78, 5) is 11.9. The van der Waals surface area contributed by atoms with Gasteiger partial charge in [0.05, 0.1) is 0 Å². The molecule has 4 heteroatoms. The fourth-order valence-corrected chi connectivity index (χ4v) is 1.78. The van der Waals surface area contributed by atoms with Crippen LogP contribution in [0.1, 0.15) is 52.1 Å². The van der Waals surface area contributed by atoms with Crippen molar-refractivity contribution in [2.24, 2.45) is 5.73 Å². The summed E-state index contributed by atoms with van der Waals surface area (Å²) in [6.45, 7) is 8.06. The van der Waals surface area contributed by atoms with E-state index < -0.39 is 0 Å². The summed E-state index contributed by atoms with van der Waals surface area (Å²) < 4.78 is 5.62. The third-order valence-corrected chi connectivity index (χ3v) is 3.48. The standard InChI is InChI=1S/C16H26N2O2/c1-5-13(17)12-9-7-8-10-14(12)20-11-15(19)18-16(3,4)6-2/h7-10,13H,5-6,11,17H2,1-4H3,(H,18,19)/t13-/m1/s1. The van der Waals surface area contributed by atoms with Gasteiger partial charge in [0, 0.05) is 17.1 Å². The molecule has 0 aromatic heterocycles. The Bertz CT molecular complexity index is 444. The zero-order valence-corrected chi connectivity index (χ0v) is 12.9. The van der Waals surface area contributed by atoms with Crippen molar-refractivity contribution in [2.45, 2.75) is 52.1 Å². The van der Waals surface area contributed by atoms with Crippen LogP contribution in [0.15, 0.2) is 24.3 Å². The first-order chi connectivity index (χ1) is 9.39. The molecule has 4 nitrogen and oxygen atoms in total. The van der Waals surface area contributed by atoms with Gasteiger partial charge in [0.1, 0.15) is 5.75 Å². The number of hydrogen-bond acceptors (Lipinski definition) is 3. The van der Waals surface area contributed by atoms with Crippen molar-refractivity contribution < 1.29 is 9.53 Å². The van der Waals surface area contributed by atoms with Crippen molar-refractivity contribution >= 4 is 5.91 Å². The van der Waals surface area contributed by atoms with Gasteiger partial charge < -0.3 is 15.8 Å². The quantitative estimate of drug-likeness (QED) is 0.806. The van der Waals surface area contributed by atoms with E-state index in [0.29, 0.717) is 5.75 Å². The number of hydrogen-bond donors (Lipinski definition) is 2. The van der Waals surface area contributed by atoms with Crippen LogP contribution in [0.4, 0.5) is 0 Å². The molecule has 0 aliphatic carbocycles. The third-order valence-electron chi connectivity index (χ3n) is 3.48. The van der Waals surface area contributed by atoms with Crippen LogP contribution in [-0.2, 0) is 4.79 Å². The van der Waals surface area contributed by atoms with E-state index in [4.69, 9.17) is 10.5 Å². The lowest BCUT2D eigenvalue weighted by molar-refractivity contribution is -0.124. The minimum Gasteiger partial charge on any atom is -0.483 e. The fraction of sp³-hybridized carbons (Fsp3) is 0.562. The molecular formula is C16H26N2O2. The van der Waals surface area contributed by atoms with E-state index in [0.717, 1.165) is 18.4 Å². The van der Waals surface area contributed by atoms with Crippen LogP contribution in [-0.4, -0.2) is 18.1 Å². The predicted octanol–water partition coefficient (Wildman–Crippen LogP) is 2.78. The van der Waals surface area contributed by atoms with Gasteiger partial charge in [0.2, 0.25) is 0 Å². The van der Waals surface area contributed by atoms with E-state index >= 15 is 0 Å². The normalized spacial score (nSPS) is 12.8. The topological polar surface area (TPSA) is 64.3 Å². The van der Waals surface area contributed by atoms with Crippen molar-refractivity contribution in [2.75, 3.05) is 6.61 Å². The summed E-state index contributed by atoms with van der Waals surface area (Å²) in [7, 11) is 0. The van der Waals surface area contributed by atoms with Crippen LogP contribution in [0, 0.1) is 0 Å². The number of amides is 1. The van der Waals surface area contributed by atoms with Gasteiger partial charge in [-0.1, -0.05) is 32.0 Å². The Hall–Kier alpha value is -1.55. The van der Waals surface area contributed by atoms with E-state index in [-0.39, 0.29) is 24.1 Å². The van der Waals surface area contributed by atoms with Gasteiger partial charge in [0.15, 0.2) is 6.61 Å². The fourth-order valence-electron chi connectivity index (χ4n) is 1.78. The Balaban J connectivity index is 2.64. The van der Waals surface area contributed by atoms with Crippen molar-refractivity contribution in [1.29, 1.82) is 0 Å². The number of rotatable bonds is 7. The third kappa shape index (κ3) is 4.85. The summed E-state index contributed by atoms with van der Waals surface area (Å²) >= 11 is 0. The minimum atomic E-state index is -0.209. The largest absolute Gasteiger partial charge is 0.483 e. The number of nitrogens with one attached hydrogen (secondary N) is 1. The lowest BCUT2D eigenvalue weighted by Gasteiger charge is -2.24. The molecule has 1 aromatic rings. The predicted molar refractivity (Wildman–Crippen MR) is 81.7 cm³/mol. The molecule has 0 heterocycles. The van der Waals surface area contributed by atoms with Crippen LogP contribution < -0.4 is 15.8 Å². The van der Waals surface area contributed by atoms with Gasteiger partial charge in [-0.25, -0.2) is 0 Å². The molecule has 0 radical (unpaired) electrons. The van der Waals surface area contributed by atoms with E-state index in [2.05, 4.69) is 5.32 Å². The van der Waals surface area contributed by atoms with E-state index in [1.54, 1.807) is 0 Å². The summed E-state index contributed by atoms with van der Waals surface area (Å²) in [5, 5.41) is 2.94. The van der Waals surface area contributed by atoms with E-state index in [1.165, 1.54) is 0 Å². The maximum Gasteiger partial charge on any atom is 0.258 e. The van der Waals surface area contributed by atoms with Crippen LogP contribution in [0.25, 0.3) is 0 Å². The zero-order chi connectivity index (χ0) is 15.2. The SMILES string of the molecule is CC[C@@H](N)c1ccccc1OCC(=O)NC(C)(C)CC. The molecule has 0 fully saturated rings. The molecule has 20 heavy (non-hydrogen) atoms. The van der Waals surface area contributed by atoms with Crippen molar-refractivity contribution in [3.8, 4) is 5.75 Å². The first-order valence-electron chi connectivity index (χ1n) is 7.18. The molecule has 0 unspecified atom stereocenters. The number of nitrogens with two attached hydrogens (primary N) is 1. The Morgan fingerprint density at radius 1 is 1.35 bits per heavy atom. The molecule has 0 aliphatic rings. The van der Waals surface area contributed by atoms with Gasteiger partial charge in [-0.05, 0) is 32.8 Å². The maximum absolute atomic E-state index is 11.9. The number of carbonyl (C=O) groups excluding carboxylic acids is 1. The highest BCUT2D eigenvalue weighted by Gasteiger charge is 2.18. The van der Waals surface area contributed by atoms with E-state index in [1.807, 2.05) is 52.0 Å². The number of para-hydroxylation sites is 1. The van der Waals surface area contributed by atoms with Gasteiger partial charge in [-0.2, -0.15) is 0 Å². The second-order valence-electron chi connectivity index (χ2n) is 5.63. The molecule has 3 N–H and O–H groups in total. The molecule has 1 amide bonds. The van der Waals surface area contributed by atoms with Crippen LogP contribution in [0.3, 0.4) is 0 Å². The minimum absolute atomic E-state index is 0.0108. The average molecular weight is 278 g/mol. The average Bonchev–Trinajstić information content (AvgIpc) is 2.44. The maximum atomic E-state index is 11.9. The number of benzene rings is 1. The summed E-state index contributed by atoms with van der Waals surface area (Å²) in [6.07, 6.45) is 1.70. The smallest absolute Gasteiger partial charge is 0.258 e. The second kappa shape index (κ2) is 7.29. The zero-order valence-electron chi connectivity index (χ0n) is 12.9. The molecule has 0 spiro atoms. The summed E-state index contributed by atoms with van der Waals surface area (Å²) in [5.41, 5.74) is 6.78. The van der Waals surface area contributed by atoms with Crippen LogP contribution >= 0.6 is 0 Å². The van der Waals surface area contributed by atoms with Crippen LogP contribution in [0.2, 0.25) is 0 Å². The highest BCUT2D eigenvalue weighted by molar-refractivity contribution is 5.78. The van der Waals surface area contributed by atoms with Gasteiger partial charge >= 0.3 is 0 Å². The van der Waals surface area contributed by atoms with Gasteiger partial charge in [0.25, 0.3) is 5.91 Å². The molecular weight excluding hydrogens is 252 g/mol. The highest BCUT2D eigenvalue weighted by atomic mass is 16.5. The van der Waals surface area contributed by atoms with Gasteiger partial charge in [-0.3, -0.25) is 4.79 Å².